The largest absolute Gasteiger partial charge is 0.333 e. The van der Waals surface area contributed by atoms with Crippen LogP contribution in [0.25, 0.3) is 0 Å². The Bertz CT molecular complexity index is 169. The number of likely N-dealkylation sites (N-methyl/N-ethyl adjacent to an activating group) is 1. The van der Waals surface area contributed by atoms with E-state index in [4.69, 9.17) is 0 Å². The average Bonchev–Trinajstić information content (AvgIpc) is 2.48. The number of hydrogen-bond donors (Lipinski definition) is 1. The van der Waals surface area contributed by atoms with E-state index < -0.39 is 0 Å². The van der Waals surface area contributed by atoms with Crippen molar-refractivity contribution < 1.29 is 4.79 Å². The van der Waals surface area contributed by atoms with Crippen molar-refractivity contribution >= 4 is 6.03 Å². The second kappa shape index (κ2) is 6.68. The lowest BCUT2D eigenvalue weighted by Crippen LogP contribution is -2.28. The Hall–Kier alpha value is -0.730. The second-order valence-corrected chi connectivity index (χ2v) is 3.81. The fraction of sp³-hybridized carbons (Fsp3) is 0.909. The van der Waals surface area contributed by atoms with Gasteiger partial charge in [0.2, 0.25) is 0 Å². The summed E-state index contributed by atoms with van der Waals surface area (Å²) in [5, 5.41) is 2.97. The quantitative estimate of drug-likeness (QED) is 0.745. The van der Waals surface area contributed by atoms with Gasteiger partial charge in [-0.05, 0) is 19.3 Å². The highest BCUT2D eigenvalue weighted by Gasteiger charge is 2.27. The SMILES string of the molecule is CC.CCN1CC(CC(C)C)NC1=O. The second-order valence-electron chi connectivity index (χ2n) is 3.81. The lowest BCUT2D eigenvalue weighted by molar-refractivity contribution is 0.219. The van der Waals surface area contributed by atoms with E-state index in [2.05, 4.69) is 19.2 Å². The maximum atomic E-state index is 11.2. The number of hydrogen-bond acceptors (Lipinski definition) is 1. The summed E-state index contributed by atoms with van der Waals surface area (Å²) in [5.41, 5.74) is 0. The molecule has 0 spiro atoms. The summed E-state index contributed by atoms with van der Waals surface area (Å²) in [6.45, 7) is 12.1. The monoisotopic (exact) mass is 200 g/mol. The van der Waals surface area contributed by atoms with Crippen LogP contribution in [-0.2, 0) is 0 Å². The van der Waals surface area contributed by atoms with Crippen LogP contribution in [-0.4, -0.2) is 30.1 Å². The van der Waals surface area contributed by atoms with E-state index >= 15 is 0 Å². The Morgan fingerprint density at radius 3 is 2.43 bits per heavy atom. The number of amides is 2. The summed E-state index contributed by atoms with van der Waals surface area (Å²) in [5.74, 6) is 0.659. The molecule has 3 heteroatoms. The predicted octanol–water partition coefficient (Wildman–Crippen LogP) is 2.47. The molecule has 2 amide bonds. The molecule has 84 valence electrons. The van der Waals surface area contributed by atoms with Gasteiger partial charge < -0.3 is 10.2 Å². The zero-order valence-corrected chi connectivity index (χ0v) is 10.1. The maximum Gasteiger partial charge on any atom is 0.317 e. The number of nitrogens with zero attached hydrogens (tertiary/aromatic N) is 1. The summed E-state index contributed by atoms with van der Waals surface area (Å²) < 4.78 is 0. The van der Waals surface area contributed by atoms with Crippen LogP contribution in [0.5, 0.6) is 0 Å². The molecular formula is C11H24N2O. The lowest BCUT2D eigenvalue weighted by atomic mass is 10.0. The van der Waals surface area contributed by atoms with Gasteiger partial charge in [-0.25, -0.2) is 4.79 Å². The summed E-state index contributed by atoms with van der Waals surface area (Å²) >= 11 is 0. The summed E-state index contributed by atoms with van der Waals surface area (Å²) in [7, 11) is 0. The van der Waals surface area contributed by atoms with Crippen molar-refractivity contribution in [2.75, 3.05) is 13.1 Å². The van der Waals surface area contributed by atoms with Gasteiger partial charge in [-0.15, -0.1) is 0 Å². The van der Waals surface area contributed by atoms with E-state index in [1.165, 1.54) is 0 Å². The Morgan fingerprint density at radius 1 is 1.50 bits per heavy atom. The fourth-order valence-electron chi connectivity index (χ4n) is 1.64. The molecule has 1 unspecified atom stereocenters. The molecule has 0 aliphatic carbocycles. The highest BCUT2D eigenvalue weighted by molar-refractivity contribution is 5.76. The third-order valence-electron chi connectivity index (χ3n) is 2.19. The van der Waals surface area contributed by atoms with Crippen LogP contribution in [0.15, 0.2) is 0 Å². The standard InChI is InChI=1S/C9H18N2O.C2H6/c1-4-11-6-8(5-7(2)3)10-9(11)12;1-2/h7-8H,4-6H2,1-3H3,(H,10,12);1-2H3. The molecule has 1 saturated heterocycles. The van der Waals surface area contributed by atoms with Crippen molar-refractivity contribution in [2.24, 2.45) is 5.92 Å². The Balaban J connectivity index is 0.000000791. The fourth-order valence-corrected chi connectivity index (χ4v) is 1.64. The van der Waals surface area contributed by atoms with Crippen LogP contribution in [0.2, 0.25) is 0 Å². The number of urea groups is 1. The Morgan fingerprint density at radius 2 is 2.07 bits per heavy atom. The van der Waals surface area contributed by atoms with Gasteiger partial charge in [-0.1, -0.05) is 27.7 Å². The number of carbonyl (C=O) groups excluding carboxylic acids is 1. The molecule has 1 atom stereocenters. The van der Waals surface area contributed by atoms with Gasteiger partial charge in [0.05, 0.1) is 0 Å². The van der Waals surface area contributed by atoms with Crippen molar-refractivity contribution in [3.63, 3.8) is 0 Å². The van der Waals surface area contributed by atoms with Crippen molar-refractivity contribution in [3.8, 4) is 0 Å². The molecule has 0 aromatic heterocycles. The highest BCUT2D eigenvalue weighted by Crippen LogP contribution is 2.11. The van der Waals surface area contributed by atoms with Gasteiger partial charge in [0, 0.05) is 19.1 Å². The molecule has 0 aromatic carbocycles. The van der Waals surface area contributed by atoms with Gasteiger partial charge in [0.25, 0.3) is 0 Å². The van der Waals surface area contributed by atoms with Gasteiger partial charge in [-0.3, -0.25) is 0 Å². The molecule has 0 radical (unpaired) electrons. The molecular weight excluding hydrogens is 176 g/mol. The van der Waals surface area contributed by atoms with E-state index in [-0.39, 0.29) is 6.03 Å². The van der Waals surface area contributed by atoms with Gasteiger partial charge in [0.1, 0.15) is 0 Å². The van der Waals surface area contributed by atoms with Crippen molar-refractivity contribution in [1.29, 1.82) is 0 Å². The number of carbonyl (C=O) groups is 1. The molecule has 1 heterocycles. The molecule has 1 aliphatic rings. The Labute approximate surface area is 87.9 Å². The first kappa shape index (κ1) is 13.3. The van der Waals surface area contributed by atoms with E-state index in [0.29, 0.717) is 12.0 Å². The van der Waals surface area contributed by atoms with Crippen LogP contribution in [0, 0.1) is 5.92 Å². The van der Waals surface area contributed by atoms with Crippen molar-refractivity contribution in [2.45, 2.75) is 47.1 Å². The van der Waals surface area contributed by atoms with Gasteiger partial charge in [0.15, 0.2) is 0 Å². The molecule has 3 nitrogen and oxygen atoms in total. The molecule has 0 bridgehead atoms. The maximum absolute atomic E-state index is 11.2. The summed E-state index contributed by atoms with van der Waals surface area (Å²) in [6.07, 6.45) is 1.09. The minimum Gasteiger partial charge on any atom is -0.333 e. The van der Waals surface area contributed by atoms with E-state index in [0.717, 1.165) is 19.5 Å². The minimum absolute atomic E-state index is 0.100. The first-order valence-electron chi connectivity index (χ1n) is 5.69. The smallest absolute Gasteiger partial charge is 0.317 e. The Kier molecular flexibility index (Phi) is 6.34. The van der Waals surface area contributed by atoms with E-state index in [9.17, 15) is 4.79 Å². The average molecular weight is 200 g/mol. The van der Waals surface area contributed by atoms with Crippen LogP contribution in [0.1, 0.15) is 41.0 Å². The third kappa shape index (κ3) is 3.99. The zero-order valence-electron chi connectivity index (χ0n) is 10.1. The van der Waals surface area contributed by atoms with Crippen molar-refractivity contribution in [3.05, 3.63) is 0 Å². The van der Waals surface area contributed by atoms with Gasteiger partial charge >= 0.3 is 6.03 Å². The predicted molar refractivity (Wildman–Crippen MR) is 60.4 cm³/mol. The molecule has 0 aromatic rings. The van der Waals surface area contributed by atoms with Crippen LogP contribution in [0.4, 0.5) is 4.79 Å². The topological polar surface area (TPSA) is 32.3 Å². The highest BCUT2D eigenvalue weighted by atomic mass is 16.2. The molecule has 1 N–H and O–H groups in total. The first-order chi connectivity index (χ1) is 6.63. The summed E-state index contributed by atoms with van der Waals surface area (Å²) in [4.78, 5) is 13.1. The lowest BCUT2D eigenvalue weighted by Gasteiger charge is -2.12. The minimum atomic E-state index is 0.100. The van der Waals surface area contributed by atoms with Crippen LogP contribution in [0.3, 0.4) is 0 Å². The molecule has 1 rings (SSSR count). The number of nitrogens with one attached hydrogen (secondary N) is 1. The van der Waals surface area contributed by atoms with Crippen LogP contribution < -0.4 is 5.32 Å². The first-order valence-corrected chi connectivity index (χ1v) is 5.69. The van der Waals surface area contributed by atoms with Crippen molar-refractivity contribution in [1.82, 2.24) is 10.2 Å². The van der Waals surface area contributed by atoms with Crippen LogP contribution >= 0.6 is 0 Å². The van der Waals surface area contributed by atoms with E-state index in [1.807, 2.05) is 25.7 Å². The molecule has 1 aliphatic heterocycles. The van der Waals surface area contributed by atoms with Gasteiger partial charge in [-0.2, -0.15) is 0 Å². The molecule has 1 fully saturated rings. The normalized spacial score (nSPS) is 20.6. The molecule has 0 saturated carbocycles. The number of rotatable bonds is 3. The molecule has 14 heavy (non-hydrogen) atoms. The zero-order chi connectivity index (χ0) is 11.1. The van der Waals surface area contributed by atoms with E-state index in [1.54, 1.807) is 0 Å². The summed E-state index contributed by atoms with van der Waals surface area (Å²) in [6, 6.07) is 0.473. The third-order valence-corrected chi connectivity index (χ3v) is 2.19.